The number of carbonyl (C=O) groups excluding carboxylic acids is 1. The summed E-state index contributed by atoms with van der Waals surface area (Å²) in [6.45, 7) is 0.136. The molecule has 0 radical (unpaired) electrons. The molecule has 4 nitrogen and oxygen atoms in total. The summed E-state index contributed by atoms with van der Waals surface area (Å²) in [6, 6.07) is 9.62. The third kappa shape index (κ3) is 4.00. The van der Waals surface area contributed by atoms with Crippen LogP contribution in [-0.2, 0) is 4.79 Å². The summed E-state index contributed by atoms with van der Waals surface area (Å²) >= 11 is 0. The van der Waals surface area contributed by atoms with Gasteiger partial charge in [-0.15, -0.1) is 6.42 Å². The van der Waals surface area contributed by atoms with Gasteiger partial charge in [0.2, 0.25) is 5.91 Å². The lowest BCUT2D eigenvalue weighted by molar-refractivity contribution is -0.121. The Morgan fingerprint density at radius 1 is 1.33 bits per heavy atom. The number of terminal acetylenes is 1. The van der Waals surface area contributed by atoms with Gasteiger partial charge >= 0.3 is 0 Å². The highest BCUT2D eigenvalue weighted by Crippen LogP contribution is 2.27. The van der Waals surface area contributed by atoms with Crippen molar-refractivity contribution in [1.29, 1.82) is 5.26 Å². The first-order valence-corrected chi connectivity index (χ1v) is 7.20. The van der Waals surface area contributed by atoms with Crippen molar-refractivity contribution in [3.05, 3.63) is 29.8 Å². The number of benzene rings is 1. The Labute approximate surface area is 125 Å². The van der Waals surface area contributed by atoms with Crippen LogP contribution in [-0.4, -0.2) is 18.0 Å². The average Bonchev–Trinajstić information content (AvgIpc) is 2.54. The van der Waals surface area contributed by atoms with E-state index in [1.54, 1.807) is 0 Å². The van der Waals surface area contributed by atoms with Crippen LogP contribution in [0.15, 0.2) is 24.3 Å². The third-order valence-electron chi connectivity index (χ3n) is 3.78. The molecule has 0 spiro atoms. The minimum atomic E-state index is -0.683. The highest BCUT2D eigenvalue weighted by atomic mass is 16.2. The summed E-state index contributed by atoms with van der Waals surface area (Å²) in [5, 5.41) is 15.2. The Hall–Kier alpha value is -2.46. The van der Waals surface area contributed by atoms with Crippen LogP contribution >= 0.6 is 0 Å². The Morgan fingerprint density at radius 3 is 2.76 bits per heavy atom. The van der Waals surface area contributed by atoms with Crippen molar-refractivity contribution in [2.24, 2.45) is 0 Å². The van der Waals surface area contributed by atoms with Gasteiger partial charge < -0.3 is 10.6 Å². The van der Waals surface area contributed by atoms with Crippen molar-refractivity contribution in [3.8, 4) is 18.4 Å². The fourth-order valence-electron chi connectivity index (χ4n) is 2.63. The Bertz CT molecular complexity index is 589. The van der Waals surface area contributed by atoms with Crippen molar-refractivity contribution in [3.63, 3.8) is 0 Å². The molecule has 0 bridgehead atoms. The molecule has 21 heavy (non-hydrogen) atoms. The molecule has 0 saturated heterocycles. The Kier molecular flexibility index (Phi) is 4.85. The SMILES string of the molecule is C#Cc1cccc(NCC(=O)NC2(C#N)CCCCC2)c1. The highest BCUT2D eigenvalue weighted by Gasteiger charge is 2.33. The van der Waals surface area contributed by atoms with Gasteiger partial charge in [0.1, 0.15) is 5.54 Å². The molecule has 0 unspecified atom stereocenters. The van der Waals surface area contributed by atoms with E-state index in [2.05, 4.69) is 22.6 Å². The van der Waals surface area contributed by atoms with Crippen molar-refractivity contribution >= 4 is 11.6 Å². The molecular weight excluding hydrogens is 262 g/mol. The van der Waals surface area contributed by atoms with Gasteiger partial charge in [-0.05, 0) is 31.0 Å². The van der Waals surface area contributed by atoms with Gasteiger partial charge in [0, 0.05) is 11.3 Å². The number of carbonyl (C=O) groups is 1. The maximum atomic E-state index is 12.0. The van der Waals surface area contributed by atoms with E-state index in [0.29, 0.717) is 0 Å². The zero-order chi connectivity index (χ0) is 15.1. The normalized spacial score (nSPS) is 16.3. The second-order valence-electron chi connectivity index (χ2n) is 5.38. The summed E-state index contributed by atoms with van der Waals surface area (Å²) in [4.78, 5) is 12.0. The number of hydrogen-bond acceptors (Lipinski definition) is 3. The van der Waals surface area contributed by atoms with Crippen LogP contribution < -0.4 is 10.6 Å². The molecule has 1 aromatic rings. The van der Waals surface area contributed by atoms with Crippen LogP contribution in [0.25, 0.3) is 0 Å². The molecule has 0 aromatic heterocycles. The molecule has 4 heteroatoms. The average molecular weight is 281 g/mol. The Balaban J connectivity index is 1.90. The van der Waals surface area contributed by atoms with Gasteiger partial charge in [-0.25, -0.2) is 0 Å². The molecule has 1 fully saturated rings. The largest absolute Gasteiger partial charge is 0.376 e. The summed E-state index contributed by atoms with van der Waals surface area (Å²) in [6.07, 6.45) is 9.93. The van der Waals surface area contributed by atoms with Gasteiger partial charge in [-0.2, -0.15) is 5.26 Å². The molecule has 0 heterocycles. The summed E-state index contributed by atoms with van der Waals surface area (Å²) < 4.78 is 0. The molecule has 2 rings (SSSR count). The van der Waals surface area contributed by atoms with Crippen LogP contribution in [0.3, 0.4) is 0 Å². The molecule has 1 saturated carbocycles. The number of nitrogens with zero attached hydrogens (tertiary/aromatic N) is 1. The maximum Gasteiger partial charge on any atom is 0.240 e. The van der Waals surface area contributed by atoms with E-state index in [1.165, 1.54) is 0 Å². The van der Waals surface area contributed by atoms with Gasteiger partial charge in [0.25, 0.3) is 0 Å². The molecule has 108 valence electrons. The van der Waals surface area contributed by atoms with Crippen molar-refractivity contribution in [2.75, 3.05) is 11.9 Å². The molecule has 0 atom stereocenters. The van der Waals surface area contributed by atoms with Gasteiger partial charge in [-0.3, -0.25) is 4.79 Å². The highest BCUT2D eigenvalue weighted by molar-refractivity contribution is 5.82. The molecule has 1 aromatic carbocycles. The minimum Gasteiger partial charge on any atom is -0.376 e. The predicted molar refractivity (Wildman–Crippen MR) is 82.4 cm³/mol. The third-order valence-corrected chi connectivity index (χ3v) is 3.78. The van der Waals surface area contributed by atoms with E-state index in [0.717, 1.165) is 43.4 Å². The summed E-state index contributed by atoms with van der Waals surface area (Å²) in [7, 11) is 0. The molecular formula is C17H19N3O. The number of amides is 1. The minimum absolute atomic E-state index is 0.136. The number of rotatable bonds is 4. The van der Waals surface area contributed by atoms with Gasteiger partial charge in [0.05, 0.1) is 12.6 Å². The van der Waals surface area contributed by atoms with E-state index in [9.17, 15) is 10.1 Å². The first kappa shape index (κ1) is 14.9. The van der Waals surface area contributed by atoms with Gasteiger partial charge in [-0.1, -0.05) is 31.2 Å². The molecule has 1 aliphatic rings. The number of anilines is 1. The molecule has 2 N–H and O–H groups in total. The first-order valence-electron chi connectivity index (χ1n) is 7.20. The summed E-state index contributed by atoms with van der Waals surface area (Å²) in [5.41, 5.74) is 0.883. The second kappa shape index (κ2) is 6.81. The van der Waals surface area contributed by atoms with Crippen molar-refractivity contribution in [2.45, 2.75) is 37.6 Å². The number of nitriles is 1. The van der Waals surface area contributed by atoms with E-state index in [-0.39, 0.29) is 12.5 Å². The van der Waals surface area contributed by atoms with Crippen LogP contribution in [0.2, 0.25) is 0 Å². The van der Waals surface area contributed by atoms with Crippen LogP contribution in [0.1, 0.15) is 37.7 Å². The fraction of sp³-hybridized carbons (Fsp3) is 0.412. The topological polar surface area (TPSA) is 64.9 Å². The standard InChI is InChI=1S/C17H19N3O/c1-2-14-7-6-8-15(11-14)19-12-16(21)20-17(13-18)9-4-3-5-10-17/h1,6-8,11,19H,3-5,9-10,12H2,(H,20,21). The fourth-order valence-corrected chi connectivity index (χ4v) is 2.63. The number of hydrogen-bond donors (Lipinski definition) is 2. The smallest absolute Gasteiger partial charge is 0.240 e. The van der Waals surface area contributed by atoms with E-state index in [4.69, 9.17) is 6.42 Å². The predicted octanol–water partition coefficient (Wildman–Crippen LogP) is 2.42. The zero-order valence-electron chi connectivity index (χ0n) is 12.0. The quantitative estimate of drug-likeness (QED) is 0.833. The molecule has 0 aliphatic heterocycles. The number of nitrogens with one attached hydrogen (secondary N) is 2. The second-order valence-corrected chi connectivity index (χ2v) is 5.38. The molecule has 1 amide bonds. The molecule has 1 aliphatic carbocycles. The lowest BCUT2D eigenvalue weighted by Crippen LogP contribution is -2.50. The lowest BCUT2D eigenvalue weighted by Gasteiger charge is -2.31. The Morgan fingerprint density at radius 2 is 2.10 bits per heavy atom. The van der Waals surface area contributed by atoms with Crippen LogP contribution in [0.5, 0.6) is 0 Å². The van der Waals surface area contributed by atoms with Crippen LogP contribution in [0, 0.1) is 23.7 Å². The lowest BCUT2D eigenvalue weighted by atomic mass is 9.83. The van der Waals surface area contributed by atoms with E-state index >= 15 is 0 Å². The monoisotopic (exact) mass is 281 g/mol. The van der Waals surface area contributed by atoms with Crippen LogP contribution in [0.4, 0.5) is 5.69 Å². The first-order chi connectivity index (χ1) is 10.2. The zero-order valence-corrected chi connectivity index (χ0v) is 12.0. The summed E-state index contributed by atoms with van der Waals surface area (Å²) in [5.74, 6) is 2.39. The van der Waals surface area contributed by atoms with Gasteiger partial charge in [0.15, 0.2) is 0 Å². The van der Waals surface area contributed by atoms with E-state index in [1.807, 2.05) is 24.3 Å². The van der Waals surface area contributed by atoms with Crippen molar-refractivity contribution < 1.29 is 4.79 Å². The maximum absolute atomic E-state index is 12.0. The van der Waals surface area contributed by atoms with Crippen molar-refractivity contribution in [1.82, 2.24) is 5.32 Å². The van der Waals surface area contributed by atoms with E-state index < -0.39 is 5.54 Å².